The van der Waals surface area contributed by atoms with E-state index in [-0.39, 0.29) is 11.6 Å². The van der Waals surface area contributed by atoms with Crippen molar-refractivity contribution in [2.24, 2.45) is 5.73 Å². The smallest absolute Gasteiger partial charge is 0.229 e. The van der Waals surface area contributed by atoms with E-state index in [4.69, 9.17) is 19.7 Å². The van der Waals surface area contributed by atoms with Crippen LogP contribution < -0.4 is 5.73 Å². The van der Waals surface area contributed by atoms with Crippen molar-refractivity contribution < 1.29 is 14.0 Å². The van der Waals surface area contributed by atoms with Gasteiger partial charge in [0.05, 0.1) is 24.7 Å². The number of hydrogen-bond acceptors (Lipinski definition) is 6. The Bertz CT molecular complexity index is 338. The van der Waals surface area contributed by atoms with E-state index < -0.39 is 0 Å². The first-order valence-electron chi connectivity index (χ1n) is 5.69. The SMILES string of the molecule is CCOCC(N)c1noc(CC(C)(C)OC)n1. The van der Waals surface area contributed by atoms with E-state index in [1.54, 1.807) is 7.11 Å². The highest BCUT2D eigenvalue weighted by Gasteiger charge is 2.22. The van der Waals surface area contributed by atoms with Gasteiger partial charge >= 0.3 is 0 Å². The lowest BCUT2D eigenvalue weighted by atomic mass is 10.1. The Morgan fingerprint density at radius 3 is 2.76 bits per heavy atom. The van der Waals surface area contributed by atoms with Crippen LogP contribution in [0.3, 0.4) is 0 Å². The number of nitrogens with zero attached hydrogens (tertiary/aromatic N) is 2. The molecule has 0 fully saturated rings. The van der Waals surface area contributed by atoms with Crippen molar-refractivity contribution >= 4 is 0 Å². The predicted molar refractivity (Wildman–Crippen MR) is 62.5 cm³/mol. The van der Waals surface area contributed by atoms with Gasteiger partial charge < -0.3 is 19.7 Å². The first-order valence-corrected chi connectivity index (χ1v) is 5.69. The molecule has 98 valence electrons. The predicted octanol–water partition coefficient (Wildman–Crippen LogP) is 1.07. The summed E-state index contributed by atoms with van der Waals surface area (Å²) in [6.45, 7) is 6.84. The second-order valence-electron chi connectivity index (χ2n) is 4.45. The molecule has 0 aromatic carbocycles. The van der Waals surface area contributed by atoms with Gasteiger partial charge in [-0.2, -0.15) is 4.98 Å². The number of ether oxygens (including phenoxy) is 2. The van der Waals surface area contributed by atoms with Crippen LogP contribution in [0.5, 0.6) is 0 Å². The lowest BCUT2D eigenvalue weighted by molar-refractivity contribution is 0.0170. The topological polar surface area (TPSA) is 83.4 Å². The Morgan fingerprint density at radius 2 is 2.18 bits per heavy atom. The fraction of sp³-hybridized carbons (Fsp3) is 0.818. The quantitative estimate of drug-likeness (QED) is 0.771. The second-order valence-corrected chi connectivity index (χ2v) is 4.45. The van der Waals surface area contributed by atoms with Crippen LogP contribution in [-0.4, -0.2) is 36.1 Å². The highest BCUT2D eigenvalue weighted by Crippen LogP contribution is 2.16. The van der Waals surface area contributed by atoms with Crippen molar-refractivity contribution in [2.45, 2.75) is 38.8 Å². The Kier molecular flexibility index (Phi) is 5.04. The van der Waals surface area contributed by atoms with Gasteiger partial charge in [0.1, 0.15) is 0 Å². The van der Waals surface area contributed by atoms with Crippen LogP contribution in [0.4, 0.5) is 0 Å². The fourth-order valence-electron chi connectivity index (χ4n) is 1.25. The molecule has 1 rings (SSSR count). The minimum absolute atomic E-state index is 0.326. The third kappa shape index (κ3) is 4.41. The molecular weight excluding hydrogens is 222 g/mol. The minimum atomic E-state index is -0.349. The molecule has 2 N–H and O–H groups in total. The molecule has 1 atom stereocenters. The normalized spacial score (nSPS) is 13.9. The maximum Gasteiger partial charge on any atom is 0.229 e. The van der Waals surface area contributed by atoms with Gasteiger partial charge in [0.25, 0.3) is 0 Å². The average Bonchev–Trinajstić information content (AvgIpc) is 2.73. The van der Waals surface area contributed by atoms with E-state index in [2.05, 4.69) is 10.1 Å². The van der Waals surface area contributed by atoms with Crippen LogP contribution in [0, 0.1) is 0 Å². The average molecular weight is 243 g/mol. The molecule has 0 aliphatic heterocycles. The number of hydrogen-bond donors (Lipinski definition) is 1. The van der Waals surface area contributed by atoms with Crippen LogP contribution in [0.1, 0.15) is 38.5 Å². The third-order valence-corrected chi connectivity index (χ3v) is 2.45. The van der Waals surface area contributed by atoms with Gasteiger partial charge in [0.15, 0.2) is 5.82 Å². The molecule has 1 aromatic rings. The molecule has 1 aromatic heterocycles. The lowest BCUT2D eigenvalue weighted by Crippen LogP contribution is -2.25. The van der Waals surface area contributed by atoms with Gasteiger partial charge in [-0.15, -0.1) is 0 Å². The van der Waals surface area contributed by atoms with Crippen molar-refractivity contribution in [3.05, 3.63) is 11.7 Å². The van der Waals surface area contributed by atoms with Crippen molar-refractivity contribution in [1.29, 1.82) is 0 Å². The van der Waals surface area contributed by atoms with Gasteiger partial charge in [0.2, 0.25) is 5.89 Å². The summed E-state index contributed by atoms with van der Waals surface area (Å²) in [5.74, 6) is 0.999. The highest BCUT2D eigenvalue weighted by molar-refractivity contribution is 4.95. The first-order chi connectivity index (χ1) is 7.98. The van der Waals surface area contributed by atoms with Gasteiger partial charge in [-0.05, 0) is 20.8 Å². The molecule has 0 saturated heterocycles. The van der Waals surface area contributed by atoms with E-state index in [1.807, 2.05) is 20.8 Å². The van der Waals surface area contributed by atoms with E-state index in [0.29, 0.717) is 31.3 Å². The van der Waals surface area contributed by atoms with Crippen LogP contribution in [0.15, 0.2) is 4.52 Å². The summed E-state index contributed by atoms with van der Waals surface area (Å²) in [5, 5.41) is 3.84. The molecule has 1 heterocycles. The third-order valence-electron chi connectivity index (χ3n) is 2.45. The lowest BCUT2D eigenvalue weighted by Gasteiger charge is -2.19. The van der Waals surface area contributed by atoms with Crippen molar-refractivity contribution in [3.63, 3.8) is 0 Å². The number of aromatic nitrogens is 2. The van der Waals surface area contributed by atoms with Crippen LogP contribution in [0.2, 0.25) is 0 Å². The molecule has 0 spiro atoms. The molecule has 0 amide bonds. The summed E-state index contributed by atoms with van der Waals surface area (Å²) < 4.78 is 15.6. The molecule has 0 radical (unpaired) electrons. The zero-order chi connectivity index (χ0) is 12.9. The van der Waals surface area contributed by atoms with E-state index in [9.17, 15) is 0 Å². The molecule has 6 heteroatoms. The molecule has 0 aliphatic rings. The molecule has 0 aliphatic carbocycles. The van der Waals surface area contributed by atoms with Crippen molar-refractivity contribution in [2.75, 3.05) is 20.3 Å². The van der Waals surface area contributed by atoms with Crippen molar-refractivity contribution in [1.82, 2.24) is 10.1 Å². The maximum absolute atomic E-state index is 5.85. The standard InChI is InChI=1S/C11H21N3O3/c1-5-16-7-8(12)10-13-9(17-14-10)6-11(2,3)15-4/h8H,5-7,12H2,1-4H3. The zero-order valence-corrected chi connectivity index (χ0v) is 10.9. The van der Waals surface area contributed by atoms with Crippen LogP contribution >= 0.6 is 0 Å². The van der Waals surface area contributed by atoms with Gasteiger partial charge in [-0.3, -0.25) is 0 Å². The van der Waals surface area contributed by atoms with Gasteiger partial charge in [-0.1, -0.05) is 5.16 Å². The molecule has 0 bridgehead atoms. The Hall–Kier alpha value is -0.980. The summed E-state index contributed by atoms with van der Waals surface area (Å²) in [6.07, 6.45) is 0.553. The largest absolute Gasteiger partial charge is 0.380 e. The molecular formula is C11H21N3O3. The van der Waals surface area contributed by atoms with E-state index >= 15 is 0 Å². The summed E-state index contributed by atoms with van der Waals surface area (Å²) >= 11 is 0. The molecule has 17 heavy (non-hydrogen) atoms. The van der Waals surface area contributed by atoms with E-state index in [0.717, 1.165) is 0 Å². The Morgan fingerprint density at radius 1 is 1.47 bits per heavy atom. The van der Waals surface area contributed by atoms with E-state index in [1.165, 1.54) is 0 Å². The summed E-state index contributed by atoms with van der Waals surface area (Å²) in [5.41, 5.74) is 5.52. The number of nitrogens with two attached hydrogens (primary N) is 1. The highest BCUT2D eigenvalue weighted by atomic mass is 16.5. The minimum Gasteiger partial charge on any atom is -0.380 e. The van der Waals surface area contributed by atoms with Crippen LogP contribution in [-0.2, 0) is 15.9 Å². The monoisotopic (exact) mass is 243 g/mol. The molecule has 1 unspecified atom stereocenters. The summed E-state index contributed by atoms with van der Waals surface area (Å²) in [6, 6.07) is -0.349. The molecule has 0 saturated carbocycles. The van der Waals surface area contributed by atoms with Crippen molar-refractivity contribution in [3.8, 4) is 0 Å². The first kappa shape index (κ1) is 14.1. The Labute approximate surface area is 101 Å². The number of methoxy groups -OCH3 is 1. The maximum atomic E-state index is 5.85. The fourth-order valence-corrected chi connectivity index (χ4v) is 1.25. The van der Waals surface area contributed by atoms with Crippen LogP contribution in [0.25, 0.3) is 0 Å². The molecule has 6 nitrogen and oxygen atoms in total. The Balaban J connectivity index is 2.58. The zero-order valence-electron chi connectivity index (χ0n) is 10.9. The van der Waals surface area contributed by atoms with Gasteiger partial charge in [0, 0.05) is 13.7 Å². The number of rotatable bonds is 7. The summed E-state index contributed by atoms with van der Waals surface area (Å²) in [4.78, 5) is 4.23. The second kappa shape index (κ2) is 6.09. The summed E-state index contributed by atoms with van der Waals surface area (Å²) in [7, 11) is 1.65. The van der Waals surface area contributed by atoms with Gasteiger partial charge in [-0.25, -0.2) is 0 Å².